The molecule has 168 valence electrons. The van der Waals surface area contributed by atoms with Crippen LogP contribution in [0.15, 0.2) is 0 Å². The van der Waals surface area contributed by atoms with E-state index in [9.17, 15) is 13.0 Å². The lowest BCUT2D eigenvalue weighted by molar-refractivity contribution is 0.210. The number of thiol groups is 1. The van der Waals surface area contributed by atoms with Gasteiger partial charge in [-0.1, -0.05) is 19.3 Å². The molecule has 3 unspecified atom stereocenters. The van der Waals surface area contributed by atoms with Gasteiger partial charge in [0.2, 0.25) is 0 Å². The molecule has 2 aliphatic rings. The Kier molecular flexibility index (Phi) is 12.8. The minimum absolute atomic E-state index is 0.193. The van der Waals surface area contributed by atoms with Gasteiger partial charge in [-0.15, -0.1) is 23.2 Å². The topological polar surface area (TPSA) is 122 Å². The first-order chi connectivity index (χ1) is 13.1. The first-order valence-electron chi connectivity index (χ1n) is 9.40. The van der Waals surface area contributed by atoms with Gasteiger partial charge in [-0.25, -0.2) is 9.76 Å². The number of alkyl halides is 2. The predicted molar refractivity (Wildman–Crippen MR) is 118 cm³/mol. The third-order valence-electron chi connectivity index (χ3n) is 4.58. The molecule has 1 aliphatic heterocycles. The predicted octanol–water partition coefficient (Wildman–Crippen LogP) is 2.72. The summed E-state index contributed by atoms with van der Waals surface area (Å²) >= 11 is 15.5. The van der Waals surface area contributed by atoms with Crippen LogP contribution < -0.4 is 10.8 Å². The molecule has 3 atom stereocenters. The van der Waals surface area contributed by atoms with Crippen LogP contribution in [0.2, 0.25) is 0 Å². The highest BCUT2D eigenvalue weighted by Crippen LogP contribution is 2.50. The van der Waals surface area contributed by atoms with Crippen LogP contribution in [0.1, 0.15) is 38.5 Å². The van der Waals surface area contributed by atoms with E-state index < -0.39 is 34.8 Å². The molecular formula is C15H32Cl2N3O5PS2. The highest BCUT2D eigenvalue weighted by atomic mass is 35.5. The van der Waals surface area contributed by atoms with Crippen molar-refractivity contribution in [3.8, 4) is 0 Å². The lowest BCUT2D eigenvalue weighted by atomic mass is 9.97. The first kappa shape index (κ1) is 26.9. The van der Waals surface area contributed by atoms with Crippen molar-refractivity contribution in [3.63, 3.8) is 0 Å². The van der Waals surface area contributed by atoms with Crippen molar-refractivity contribution in [2.75, 3.05) is 37.2 Å². The molecule has 1 saturated carbocycles. The molecule has 13 heteroatoms. The smallest absolute Gasteiger partial charge is 0.328 e. The van der Waals surface area contributed by atoms with Crippen LogP contribution in [0.4, 0.5) is 0 Å². The van der Waals surface area contributed by atoms with Crippen LogP contribution in [-0.2, 0) is 19.2 Å². The van der Waals surface area contributed by atoms with E-state index in [0.29, 0.717) is 25.6 Å². The molecule has 4 N–H and O–H groups in total. The molecular weight excluding hydrogens is 468 g/mol. The fraction of sp³-hybridized carbons (Fsp3) is 1.00. The second-order valence-electron chi connectivity index (χ2n) is 6.92. The number of hydrogen-bond acceptors (Lipinski definition) is 6. The Morgan fingerprint density at radius 2 is 1.79 bits per heavy atom. The summed E-state index contributed by atoms with van der Waals surface area (Å²) < 4.78 is 50.4. The van der Waals surface area contributed by atoms with Crippen molar-refractivity contribution < 1.29 is 22.1 Å². The van der Waals surface area contributed by atoms with Crippen LogP contribution in [0.25, 0.3) is 0 Å². The molecule has 0 aromatic rings. The molecule has 0 spiro atoms. The number of nitrogens with one attached hydrogen (secondary N) is 1. The van der Waals surface area contributed by atoms with Gasteiger partial charge in [-0.2, -0.15) is 21.0 Å². The maximum Gasteiger partial charge on any atom is 0.343 e. The Bertz CT molecular complexity index is 590. The molecule has 1 heterocycles. The van der Waals surface area contributed by atoms with Crippen molar-refractivity contribution in [2.45, 2.75) is 55.9 Å². The molecule has 1 aliphatic carbocycles. The van der Waals surface area contributed by atoms with E-state index in [1.54, 1.807) is 0 Å². The maximum atomic E-state index is 12.8. The minimum Gasteiger partial charge on any atom is -0.328 e. The fourth-order valence-corrected chi connectivity index (χ4v) is 7.52. The Balaban J connectivity index is 0.000000467. The SMILES string of the molecule is NC1CCCCC1.O=P1(N(CCCl)CCCl)NC(C(S)CS(=O)(=O)O)CCO1. The number of hydrogen-bond donors (Lipinski definition) is 4. The lowest BCUT2D eigenvalue weighted by Crippen LogP contribution is -2.47. The summed E-state index contributed by atoms with van der Waals surface area (Å²) in [5.41, 5.74) is 5.63. The average Bonchev–Trinajstić information content (AvgIpc) is 2.61. The molecule has 0 radical (unpaired) electrons. The standard InChI is InChI=1S/C9H19Cl2N2O5PS2.C6H13N/c10-2-4-13(5-3-11)19(14)12-8(1-6-18-19)9(20)7-21(15,16)17;7-6-4-2-1-3-5-6/h8-9,20H,1-7H2,(H,12,14)(H,15,16,17);6H,1-5,7H2. The molecule has 2 fully saturated rings. The van der Waals surface area contributed by atoms with Crippen molar-refractivity contribution >= 4 is 53.6 Å². The van der Waals surface area contributed by atoms with E-state index in [-0.39, 0.29) is 18.4 Å². The Morgan fingerprint density at radius 3 is 2.21 bits per heavy atom. The first-order valence-corrected chi connectivity index (χ1v) is 14.2. The van der Waals surface area contributed by atoms with E-state index in [1.165, 1.54) is 36.8 Å². The Hall–Kier alpha value is 0.910. The summed E-state index contributed by atoms with van der Waals surface area (Å²) in [7, 11) is -7.50. The zero-order chi connectivity index (χ0) is 21.2. The maximum absolute atomic E-state index is 12.8. The summed E-state index contributed by atoms with van der Waals surface area (Å²) in [6.45, 7) is 0.834. The number of rotatable bonds is 8. The molecule has 8 nitrogen and oxygen atoms in total. The molecule has 0 bridgehead atoms. The normalized spacial score (nSPS) is 27.9. The van der Waals surface area contributed by atoms with E-state index in [2.05, 4.69) is 17.7 Å². The van der Waals surface area contributed by atoms with Crippen LogP contribution in [-0.4, -0.2) is 72.2 Å². The van der Waals surface area contributed by atoms with E-state index >= 15 is 0 Å². The average molecular weight is 500 g/mol. The second-order valence-corrected chi connectivity index (χ2v) is 12.0. The van der Waals surface area contributed by atoms with Crippen LogP contribution >= 0.6 is 43.5 Å². The molecule has 0 amide bonds. The van der Waals surface area contributed by atoms with Gasteiger partial charge in [-0.3, -0.25) is 9.12 Å². The van der Waals surface area contributed by atoms with Crippen LogP contribution in [0, 0.1) is 0 Å². The third kappa shape index (κ3) is 10.3. The summed E-state index contributed by atoms with van der Waals surface area (Å²) in [5.74, 6) is -0.0173. The molecule has 0 aromatic carbocycles. The van der Waals surface area contributed by atoms with E-state index in [4.69, 9.17) is 38.0 Å². The number of nitrogens with zero attached hydrogens (tertiary/aromatic N) is 1. The largest absolute Gasteiger partial charge is 0.343 e. The van der Waals surface area contributed by atoms with Gasteiger partial charge in [0, 0.05) is 42.2 Å². The van der Waals surface area contributed by atoms with E-state index in [0.717, 1.165) is 0 Å². The summed E-state index contributed by atoms with van der Waals surface area (Å²) in [6.07, 6.45) is 7.10. The van der Waals surface area contributed by atoms with Crippen molar-refractivity contribution in [2.24, 2.45) is 5.73 Å². The van der Waals surface area contributed by atoms with Crippen LogP contribution in [0.5, 0.6) is 0 Å². The van der Waals surface area contributed by atoms with Crippen molar-refractivity contribution in [3.05, 3.63) is 0 Å². The second kappa shape index (κ2) is 13.3. The van der Waals surface area contributed by atoms with Gasteiger partial charge in [0.25, 0.3) is 10.1 Å². The van der Waals surface area contributed by atoms with Crippen molar-refractivity contribution in [1.82, 2.24) is 9.76 Å². The summed E-state index contributed by atoms with van der Waals surface area (Å²) in [4.78, 5) is 0. The molecule has 2 rings (SSSR count). The lowest BCUT2D eigenvalue weighted by Gasteiger charge is -2.38. The van der Waals surface area contributed by atoms with Crippen LogP contribution in [0.3, 0.4) is 0 Å². The van der Waals surface area contributed by atoms with Gasteiger partial charge in [-0.05, 0) is 19.3 Å². The van der Waals surface area contributed by atoms with E-state index in [1.807, 2.05) is 0 Å². The van der Waals surface area contributed by atoms with Crippen molar-refractivity contribution in [1.29, 1.82) is 0 Å². The highest BCUT2D eigenvalue weighted by molar-refractivity contribution is 7.88. The third-order valence-corrected chi connectivity index (χ3v) is 8.82. The molecule has 1 saturated heterocycles. The summed E-state index contributed by atoms with van der Waals surface area (Å²) in [5, 5.41) is 2.11. The monoisotopic (exact) mass is 499 g/mol. The quantitative estimate of drug-likeness (QED) is 0.174. The zero-order valence-electron chi connectivity index (χ0n) is 15.9. The number of halogens is 2. The molecule has 28 heavy (non-hydrogen) atoms. The van der Waals surface area contributed by atoms with Gasteiger partial charge < -0.3 is 10.3 Å². The minimum atomic E-state index is -4.15. The van der Waals surface area contributed by atoms with Gasteiger partial charge in [0.1, 0.15) is 0 Å². The van der Waals surface area contributed by atoms with Gasteiger partial charge in [0.05, 0.1) is 12.4 Å². The number of nitrogens with two attached hydrogens (primary N) is 1. The van der Waals surface area contributed by atoms with Gasteiger partial charge in [0.15, 0.2) is 0 Å². The highest BCUT2D eigenvalue weighted by Gasteiger charge is 2.39. The summed E-state index contributed by atoms with van der Waals surface area (Å²) in [6, 6.07) is 0.0664. The Morgan fingerprint density at radius 1 is 1.21 bits per heavy atom. The Labute approximate surface area is 183 Å². The fourth-order valence-electron chi connectivity index (χ4n) is 3.09. The molecule has 0 aromatic heterocycles. The van der Waals surface area contributed by atoms with Gasteiger partial charge >= 0.3 is 7.67 Å². The zero-order valence-corrected chi connectivity index (χ0v) is 20.0.